The highest BCUT2D eigenvalue weighted by molar-refractivity contribution is 8.03. The molecule has 0 aliphatic carbocycles. The molecular weight excluding hydrogens is 347 g/mol. The minimum atomic E-state index is -0.883. The molecule has 0 atom stereocenters. The van der Waals surface area contributed by atoms with Crippen LogP contribution < -0.4 is 11.2 Å². The van der Waals surface area contributed by atoms with Crippen molar-refractivity contribution >= 4 is 22.7 Å². The minimum absolute atomic E-state index is 0.0531. The van der Waals surface area contributed by atoms with Crippen molar-refractivity contribution < 1.29 is 13.9 Å². The second-order valence-corrected chi connectivity index (χ2v) is 6.10. The van der Waals surface area contributed by atoms with E-state index in [1.807, 2.05) is 0 Å². The molecule has 6 nitrogen and oxygen atoms in total. The van der Waals surface area contributed by atoms with Crippen LogP contribution in [0.2, 0.25) is 0 Å². The summed E-state index contributed by atoms with van der Waals surface area (Å²) < 4.78 is 19.5. The summed E-state index contributed by atoms with van der Waals surface area (Å²) in [6.07, 6.45) is 0. The number of halogens is 1. The van der Waals surface area contributed by atoms with Gasteiger partial charge in [-0.1, -0.05) is 12.1 Å². The molecule has 0 spiro atoms. The van der Waals surface area contributed by atoms with Crippen LogP contribution in [0, 0.1) is 23.4 Å². The third-order valence-electron chi connectivity index (χ3n) is 3.71. The number of rotatable bonds is 3. The maximum absolute atomic E-state index is 13.0. The maximum atomic E-state index is 13.0. The van der Waals surface area contributed by atoms with Crippen LogP contribution in [0.1, 0.15) is 11.3 Å². The summed E-state index contributed by atoms with van der Waals surface area (Å²) in [7, 11) is 0. The van der Waals surface area contributed by atoms with Crippen molar-refractivity contribution in [1.29, 1.82) is 5.26 Å². The Bertz CT molecular complexity index is 1130. The lowest BCUT2D eigenvalue weighted by Crippen LogP contribution is -2.24. The Hall–Kier alpha value is -3.05. The Kier molecular flexibility index (Phi) is 4.33. The first-order valence-electron chi connectivity index (χ1n) is 7.13. The lowest BCUT2D eigenvalue weighted by molar-refractivity contribution is 0.445. The molecule has 0 radical (unpaired) electrons. The third kappa shape index (κ3) is 3.02. The number of benzene rings is 1. The topological polar surface area (TPSA) is 96.2 Å². The first kappa shape index (κ1) is 16.8. The molecule has 0 bridgehead atoms. The van der Waals surface area contributed by atoms with Gasteiger partial charge in [-0.25, -0.2) is 9.18 Å². The zero-order chi connectivity index (χ0) is 18.1. The largest absolute Gasteiger partial charge is 0.505 e. The monoisotopic (exact) mass is 358 g/mol. The van der Waals surface area contributed by atoms with E-state index in [4.69, 9.17) is 9.68 Å². The van der Waals surface area contributed by atoms with Gasteiger partial charge < -0.3 is 14.1 Å². The van der Waals surface area contributed by atoms with E-state index in [0.717, 1.165) is 0 Å². The number of aromatic hydroxyl groups is 1. The quantitative estimate of drug-likeness (QED) is 0.571. The normalized spacial score (nSPS) is 10.8. The molecule has 0 saturated carbocycles. The Balaban J connectivity index is 2.24. The lowest BCUT2D eigenvalue weighted by Gasteiger charge is -2.12. The molecule has 8 heteroatoms. The van der Waals surface area contributed by atoms with Crippen molar-refractivity contribution in [3.63, 3.8) is 0 Å². The van der Waals surface area contributed by atoms with Crippen molar-refractivity contribution in [2.45, 2.75) is 18.4 Å². The highest BCUT2D eigenvalue weighted by Gasteiger charge is 2.19. The molecule has 25 heavy (non-hydrogen) atoms. The number of hydrogen-bond acceptors (Lipinski definition) is 6. The Morgan fingerprint density at radius 3 is 2.64 bits per heavy atom. The van der Waals surface area contributed by atoms with Gasteiger partial charge in [0.25, 0.3) is 5.56 Å². The van der Waals surface area contributed by atoms with Crippen molar-refractivity contribution in [3.8, 4) is 11.2 Å². The van der Waals surface area contributed by atoms with Crippen molar-refractivity contribution in [2.24, 2.45) is 0 Å². The first-order chi connectivity index (χ1) is 11.9. The Labute approximate surface area is 144 Å². The van der Waals surface area contributed by atoms with E-state index < -0.39 is 16.9 Å². The van der Waals surface area contributed by atoms with Crippen LogP contribution in [0.3, 0.4) is 0 Å². The number of aryl methyl sites for hydroxylation is 1. The number of nitrogens with zero attached hydrogens (tertiary/aromatic N) is 2. The number of thiocyanates is 1. The highest BCUT2D eigenvalue weighted by atomic mass is 32.2. The van der Waals surface area contributed by atoms with Crippen molar-refractivity contribution in [3.05, 3.63) is 68.2 Å². The SMILES string of the molecule is Cc1cc2oc(=O)c(SC#N)c(O)c2c(=O)n1Cc1ccc(F)cc1. The summed E-state index contributed by atoms with van der Waals surface area (Å²) in [5.74, 6) is -0.959. The predicted octanol–water partition coefficient (Wildman–Crippen LogP) is 2.73. The van der Waals surface area contributed by atoms with E-state index in [2.05, 4.69) is 0 Å². The number of aromatic nitrogens is 1. The van der Waals surface area contributed by atoms with Gasteiger partial charge >= 0.3 is 5.63 Å². The average Bonchev–Trinajstić information content (AvgIpc) is 2.56. The van der Waals surface area contributed by atoms with Crippen LogP contribution in [0.15, 0.2) is 49.2 Å². The lowest BCUT2D eigenvalue weighted by atomic mass is 10.2. The summed E-state index contributed by atoms with van der Waals surface area (Å²) in [6.45, 7) is 1.81. The van der Waals surface area contributed by atoms with Crippen LogP contribution in [-0.4, -0.2) is 9.67 Å². The molecule has 2 aromatic heterocycles. The number of nitriles is 1. The predicted molar refractivity (Wildman–Crippen MR) is 90.1 cm³/mol. The molecule has 0 aliphatic heterocycles. The molecule has 126 valence electrons. The molecule has 0 amide bonds. The van der Waals surface area contributed by atoms with Gasteiger partial charge in [0.2, 0.25) is 0 Å². The summed E-state index contributed by atoms with van der Waals surface area (Å²) in [6, 6.07) is 7.13. The highest BCUT2D eigenvalue weighted by Crippen LogP contribution is 2.30. The fraction of sp³-hybridized carbons (Fsp3) is 0.118. The number of thioether (sulfide) groups is 1. The average molecular weight is 358 g/mol. The Morgan fingerprint density at radius 2 is 2.00 bits per heavy atom. The van der Waals surface area contributed by atoms with Crippen LogP contribution in [0.25, 0.3) is 11.0 Å². The number of hydrogen-bond donors (Lipinski definition) is 1. The molecule has 0 unspecified atom stereocenters. The van der Waals surface area contributed by atoms with Crippen molar-refractivity contribution in [2.75, 3.05) is 0 Å². The summed E-state index contributed by atoms with van der Waals surface area (Å²) in [5, 5.41) is 20.5. The third-order valence-corrected chi connectivity index (χ3v) is 4.37. The smallest absolute Gasteiger partial charge is 0.354 e. The molecular formula is C17H11FN2O4S. The van der Waals surface area contributed by atoms with Gasteiger partial charge in [-0.2, -0.15) is 5.26 Å². The van der Waals surface area contributed by atoms with E-state index in [1.165, 1.54) is 22.8 Å². The fourth-order valence-corrected chi connectivity index (χ4v) is 2.91. The van der Waals surface area contributed by atoms with Crippen LogP contribution >= 0.6 is 11.8 Å². The molecule has 1 aromatic carbocycles. The minimum Gasteiger partial charge on any atom is -0.505 e. The molecule has 2 heterocycles. The zero-order valence-electron chi connectivity index (χ0n) is 12.9. The zero-order valence-corrected chi connectivity index (χ0v) is 13.8. The summed E-state index contributed by atoms with van der Waals surface area (Å²) >= 11 is 0.427. The maximum Gasteiger partial charge on any atom is 0.354 e. The van der Waals surface area contributed by atoms with Crippen LogP contribution in [0.5, 0.6) is 5.75 Å². The van der Waals surface area contributed by atoms with Gasteiger partial charge in [0.05, 0.1) is 6.54 Å². The van der Waals surface area contributed by atoms with Gasteiger partial charge in [0.1, 0.15) is 22.2 Å². The second-order valence-electron chi connectivity index (χ2n) is 5.30. The first-order valence-corrected chi connectivity index (χ1v) is 7.94. The molecule has 0 saturated heterocycles. The van der Waals surface area contributed by atoms with E-state index in [-0.39, 0.29) is 28.2 Å². The van der Waals surface area contributed by atoms with Gasteiger partial charge in [0, 0.05) is 23.5 Å². The van der Waals surface area contributed by atoms with Gasteiger partial charge in [0.15, 0.2) is 10.6 Å². The molecule has 1 N–H and O–H groups in total. The Morgan fingerprint density at radius 1 is 1.32 bits per heavy atom. The number of pyridine rings is 1. The molecule has 3 aromatic rings. The summed E-state index contributed by atoms with van der Waals surface area (Å²) in [4.78, 5) is 24.3. The van der Waals surface area contributed by atoms with Crippen LogP contribution in [0.4, 0.5) is 4.39 Å². The van der Waals surface area contributed by atoms with E-state index >= 15 is 0 Å². The van der Waals surface area contributed by atoms with E-state index in [9.17, 15) is 19.1 Å². The summed E-state index contributed by atoms with van der Waals surface area (Å²) in [5.41, 5.74) is -0.311. The van der Waals surface area contributed by atoms with E-state index in [1.54, 1.807) is 24.5 Å². The standard InChI is InChI=1S/C17H11FN2O4S/c1-9-6-12-13(14(21)15(25-8-19)17(23)24-12)16(22)20(9)7-10-2-4-11(18)5-3-10/h2-6,21H,7H2,1H3. The van der Waals surface area contributed by atoms with Crippen molar-refractivity contribution in [1.82, 2.24) is 4.57 Å². The van der Waals surface area contributed by atoms with Crippen LogP contribution in [-0.2, 0) is 6.54 Å². The van der Waals surface area contributed by atoms with Gasteiger partial charge in [-0.05, 0) is 24.6 Å². The number of fused-ring (bicyclic) bond motifs is 1. The van der Waals surface area contributed by atoms with Gasteiger partial charge in [-0.15, -0.1) is 0 Å². The molecule has 3 rings (SSSR count). The fourth-order valence-electron chi connectivity index (χ4n) is 2.50. The molecule has 0 aliphatic rings. The molecule has 0 fully saturated rings. The van der Waals surface area contributed by atoms with E-state index in [0.29, 0.717) is 23.0 Å². The van der Waals surface area contributed by atoms with Gasteiger partial charge in [-0.3, -0.25) is 4.79 Å². The second kappa shape index (κ2) is 6.45.